The predicted molar refractivity (Wildman–Crippen MR) is 151 cm³/mol. The molecule has 41 heavy (non-hydrogen) atoms. The van der Waals surface area contributed by atoms with Crippen molar-refractivity contribution in [3.05, 3.63) is 0 Å². The van der Waals surface area contributed by atoms with Crippen molar-refractivity contribution >= 4 is 5.97 Å². The van der Waals surface area contributed by atoms with Crippen LogP contribution in [0.3, 0.4) is 0 Å². The molecule has 0 bridgehead atoms. The first kappa shape index (κ1) is 36.3. The van der Waals surface area contributed by atoms with E-state index in [1.165, 1.54) is 70.6 Å². The summed E-state index contributed by atoms with van der Waals surface area (Å²) in [5.41, 5.74) is 0. The number of rotatable bonds is 22. The molecule has 0 saturated carbocycles. The molecule has 0 spiro atoms. The molecule has 2 aliphatic rings. The Bertz CT molecular complexity index is 693. The first-order chi connectivity index (χ1) is 19.8. The van der Waals surface area contributed by atoms with Crippen molar-refractivity contribution in [2.24, 2.45) is 0 Å². The van der Waals surface area contributed by atoms with Crippen molar-refractivity contribution in [2.75, 3.05) is 19.8 Å². The maximum absolute atomic E-state index is 12.4. The first-order valence-electron chi connectivity index (χ1n) is 15.9. The number of carbonyl (C=O) groups is 1. The summed E-state index contributed by atoms with van der Waals surface area (Å²) in [7, 11) is 0. The van der Waals surface area contributed by atoms with Gasteiger partial charge in [0, 0.05) is 12.8 Å². The number of unbranched alkanes of at least 4 members (excludes halogenated alkanes) is 14. The zero-order valence-electron chi connectivity index (χ0n) is 24.9. The SMILES string of the molecule is CCCCCCCCCCCCCCCCCC(=O)OC[C@@]1(OC2O[C@H](CO)C(O)[C@H](O)C2O)OC(CO)CC1O. The van der Waals surface area contributed by atoms with Gasteiger partial charge in [-0.05, 0) is 6.42 Å². The Morgan fingerprint density at radius 3 is 1.78 bits per heavy atom. The van der Waals surface area contributed by atoms with Gasteiger partial charge in [-0.2, -0.15) is 0 Å². The molecule has 0 aromatic heterocycles. The Labute approximate surface area is 245 Å². The highest BCUT2D eigenvalue weighted by atomic mass is 16.8. The maximum atomic E-state index is 12.4. The van der Waals surface area contributed by atoms with Crippen LogP contribution in [0.5, 0.6) is 0 Å². The minimum absolute atomic E-state index is 0.0233. The maximum Gasteiger partial charge on any atom is 0.305 e. The lowest BCUT2D eigenvalue weighted by molar-refractivity contribution is -0.383. The smallest absolute Gasteiger partial charge is 0.305 e. The molecule has 6 N–H and O–H groups in total. The summed E-state index contributed by atoms with van der Waals surface area (Å²) < 4.78 is 22.1. The predicted octanol–water partition coefficient (Wildman–Crippen LogP) is 2.45. The molecule has 242 valence electrons. The molecule has 8 atom stereocenters. The van der Waals surface area contributed by atoms with Crippen molar-refractivity contribution in [3.63, 3.8) is 0 Å². The van der Waals surface area contributed by atoms with Crippen LogP contribution in [0.1, 0.15) is 116 Å². The van der Waals surface area contributed by atoms with Gasteiger partial charge >= 0.3 is 5.97 Å². The van der Waals surface area contributed by atoms with E-state index in [-0.39, 0.29) is 12.8 Å². The van der Waals surface area contributed by atoms with Gasteiger partial charge in [0.15, 0.2) is 6.29 Å². The van der Waals surface area contributed by atoms with Crippen LogP contribution in [0.15, 0.2) is 0 Å². The highest BCUT2D eigenvalue weighted by Gasteiger charge is 2.55. The highest BCUT2D eigenvalue weighted by molar-refractivity contribution is 5.69. The number of aliphatic hydroxyl groups is 6. The third-order valence-electron chi connectivity index (χ3n) is 8.15. The molecule has 0 aliphatic carbocycles. The van der Waals surface area contributed by atoms with Crippen molar-refractivity contribution in [2.45, 2.75) is 165 Å². The fourth-order valence-corrected chi connectivity index (χ4v) is 5.47. The quantitative estimate of drug-likeness (QED) is 0.0804. The van der Waals surface area contributed by atoms with E-state index in [9.17, 15) is 35.4 Å². The number of aliphatic hydroxyl groups excluding tert-OH is 6. The normalized spacial score (nSPS) is 31.9. The molecule has 11 heteroatoms. The van der Waals surface area contributed by atoms with E-state index in [0.29, 0.717) is 6.42 Å². The summed E-state index contributed by atoms with van der Waals surface area (Å²) in [6, 6.07) is 0. The zero-order chi connectivity index (χ0) is 30.1. The second-order valence-electron chi connectivity index (χ2n) is 11.7. The standard InChI is InChI=1S/C30H56O11/c1-2-3-4-5-6-7-8-9-10-11-12-13-14-15-16-17-25(34)38-21-30(24(33)18-22(19-31)40-30)41-29-28(37)27(36)26(35)23(20-32)39-29/h22-24,26-29,31-33,35-37H,2-21H2,1H3/t22?,23-,24?,26?,27+,28?,29?,30+/m1/s1. The molecule has 0 amide bonds. The molecule has 0 radical (unpaired) electrons. The van der Waals surface area contributed by atoms with Crippen molar-refractivity contribution in [1.29, 1.82) is 0 Å². The molecule has 2 heterocycles. The van der Waals surface area contributed by atoms with E-state index in [2.05, 4.69) is 6.92 Å². The van der Waals surface area contributed by atoms with Gasteiger partial charge in [0.25, 0.3) is 0 Å². The van der Waals surface area contributed by atoms with Gasteiger partial charge in [-0.1, -0.05) is 96.8 Å². The summed E-state index contributed by atoms with van der Waals surface area (Å²) in [5.74, 6) is -2.47. The Hall–Kier alpha value is -0.890. The number of esters is 1. The molecular weight excluding hydrogens is 536 g/mol. The van der Waals surface area contributed by atoms with E-state index < -0.39 is 74.5 Å². The van der Waals surface area contributed by atoms with Gasteiger partial charge in [0.1, 0.15) is 37.1 Å². The lowest BCUT2D eigenvalue weighted by Gasteiger charge is -2.43. The lowest BCUT2D eigenvalue weighted by Crippen LogP contribution is -2.62. The summed E-state index contributed by atoms with van der Waals surface area (Å²) in [4.78, 5) is 12.4. The zero-order valence-corrected chi connectivity index (χ0v) is 24.9. The Kier molecular flexibility index (Phi) is 17.8. The van der Waals surface area contributed by atoms with Gasteiger partial charge in [-0.3, -0.25) is 4.79 Å². The van der Waals surface area contributed by atoms with Gasteiger partial charge in [0.2, 0.25) is 5.79 Å². The third kappa shape index (κ3) is 12.3. The van der Waals surface area contributed by atoms with E-state index in [1.807, 2.05) is 0 Å². The minimum atomic E-state index is -1.97. The lowest BCUT2D eigenvalue weighted by atomic mass is 9.99. The van der Waals surface area contributed by atoms with Crippen LogP contribution in [-0.4, -0.2) is 105 Å². The number of hydrogen-bond donors (Lipinski definition) is 6. The number of hydrogen-bond acceptors (Lipinski definition) is 11. The molecular formula is C30H56O11. The van der Waals surface area contributed by atoms with Gasteiger partial charge in [0.05, 0.1) is 19.3 Å². The fraction of sp³-hybridized carbons (Fsp3) is 0.967. The van der Waals surface area contributed by atoms with Gasteiger partial charge < -0.3 is 49.6 Å². The van der Waals surface area contributed by atoms with Gasteiger partial charge in [-0.25, -0.2) is 0 Å². The van der Waals surface area contributed by atoms with E-state index in [1.54, 1.807) is 0 Å². The Morgan fingerprint density at radius 1 is 0.756 bits per heavy atom. The average molecular weight is 593 g/mol. The average Bonchev–Trinajstić information content (AvgIpc) is 3.29. The van der Waals surface area contributed by atoms with Gasteiger partial charge in [-0.15, -0.1) is 0 Å². The Morgan fingerprint density at radius 2 is 1.29 bits per heavy atom. The third-order valence-corrected chi connectivity index (χ3v) is 8.15. The van der Waals surface area contributed by atoms with E-state index in [4.69, 9.17) is 18.9 Å². The summed E-state index contributed by atoms with van der Waals surface area (Å²) in [6.45, 7) is 0.629. The largest absolute Gasteiger partial charge is 0.460 e. The van der Waals surface area contributed by atoms with Crippen LogP contribution in [0, 0.1) is 0 Å². The highest BCUT2D eigenvalue weighted by Crippen LogP contribution is 2.36. The van der Waals surface area contributed by atoms with Crippen LogP contribution >= 0.6 is 0 Å². The Balaban J connectivity index is 1.65. The molecule has 5 unspecified atom stereocenters. The van der Waals surface area contributed by atoms with Crippen LogP contribution < -0.4 is 0 Å². The molecule has 0 aromatic carbocycles. The minimum Gasteiger partial charge on any atom is -0.460 e. The molecule has 11 nitrogen and oxygen atoms in total. The number of ether oxygens (including phenoxy) is 4. The first-order valence-corrected chi connectivity index (χ1v) is 15.9. The van der Waals surface area contributed by atoms with E-state index >= 15 is 0 Å². The van der Waals surface area contributed by atoms with Crippen LogP contribution in [0.25, 0.3) is 0 Å². The summed E-state index contributed by atoms with van der Waals surface area (Å²) in [5, 5.41) is 60.1. The topological polar surface area (TPSA) is 175 Å². The molecule has 2 rings (SSSR count). The van der Waals surface area contributed by atoms with E-state index in [0.717, 1.165) is 19.3 Å². The second kappa shape index (κ2) is 20.1. The molecule has 2 aliphatic heterocycles. The van der Waals surface area contributed by atoms with Crippen molar-refractivity contribution in [1.82, 2.24) is 0 Å². The van der Waals surface area contributed by atoms with Crippen LogP contribution in [0.2, 0.25) is 0 Å². The molecule has 0 aromatic rings. The monoisotopic (exact) mass is 592 g/mol. The van der Waals surface area contributed by atoms with Crippen LogP contribution in [0.4, 0.5) is 0 Å². The van der Waals surface area contributed by atoms with Crippen molar-refractivity contribution < 1.29 is 54.4 Å². The molecule has 2 fully saturated rings. The second-order valence-corrected chi connectivity index (χ2v) is 11.7. The van der Waals surface area contributed by atoms with Crippen LogP contribution in [-0.2, 0) is 23.7 Å². The fourth-order valence-electron chi connectivity index (χ4n) is 5.47. The number of carbonyl (C=O) groups excluding carboxylic acids is 1. The molecule has 2 saturated heterocycles. The van der Waals surface area contributed by atoms with Crippen molar-refractivity contribution in [3.8, 4) is 0 Å². The summed E-state index contributed by atoms with van der Waals surface area (Å²) in [6.07, 6.45) is 8.47. The summed E-state index contributed by atoms with van der Waals surface area (Å²) >= 11 is 0.